The number of aryl methyl sites for hydroxylation is 1. The summed E-state index contributed by atoms with van der Waals surface area (Å²) in [7, 11) is 4.09. The van der Waals surface area contributed by atoms with Crippen LogP contribution in [0.1, 0.15) is 18.5 Å². The molecule has 1 unspecified atom stereocenters. The zero-order valence-electron chi connectivity index (χ0n) is 12.7. The minimum Gasteiger partial charge on any atom is -0.355 e. The van der Waals surface area contributed by atoms with E-state index in [0.717, 1.165) is 31.1 Å². The normalized spacial score (nSPS) is 19.6. The molecule has 112 valence electrons. The van der Waals surface area contributed by atoms with Crippen molar-refractivity contribution in [2.24, 2.45) is 7.05 Å². The molecular formula is C15H22N6. The maximum absolute atomic E-state index is 4.47. The fraction of sp³-hybridized carbons (Fsp3) is 0.533. The molecule has 6 heteroatoms. The van der Waals surface area contributed by atoms with Gasteiger partial charge in [-0.15, -0.1) is 0 Å². The Morgan fingerprint density at radius 1 is 1.38 bits per heavy atom. The number of hydrogen-bond acceptors (Lipinski definition) is 5. The van der Waals surface area contributed by atoms with Gasteiger partial charge in [-0.05, 0) is 31.5 Å². The summed E-state index contributed by atoms with van der Waals surface area (Å²) in [5.41, 5.74) is 1.14. The summed E-state index contributed by atoms with van der Waals surface area (Å²) >= 11 is 0. The van der Waals surface area contributed by atoms with Gasteiger partial charge in [0, 0.05) is 45.6 Å². The Hall–Kier alpha value is -1.95. The molecule has 0 amide bonds. The van der Waals surface area contributed by atoms with Gasteiger partial charge in [0.05, 0.1) is 5.69 Å². The fourth-order valence-electron chi connectivity index (χ4n) is 2.95. The minimum absolute atomic E-state index is 0.498. The third-order valence-electron chi connectivity index (χ3n) is 4.11. The second kappa shape index (κ2) is 6.22. The number of aromatic nitrogens is 4. The molecule has 2 aromatic heterocycles. The zero-order valence-corrected chi connectivity index (χ0v) is 12.7. The van der Waals surface area contributed by atoms with E-state index in [4.69, 9.17) is 0 Å². The molecule has 0 aliphatic carbocycles. The summed E-state index contributed by atoms with van der Waals surface area (Å²) in [6, 6.07) is 4.56. The van der Waals surface area contributed by atoms with Gasteiger partial charge in [0.1, 0.15) is 12.1 Å². The molecule has 1 fully saturated rings. The highest BCUT2D eigenvalue weighted by Crippen LogP contribution is 2.20. The van der Waals surface area contributed by atoms with Crippen LogP contribution in [0.2, 0.25) is 0 Å². The molecule has 1 aliphatic heterocycles. The van der Waals surface area contributed by atoms with E-state index in [1.54, 1.807) is 12.5 Å². The molecule has 3 rings (SSSR count). The van der Waals surface area contributed by atoms with E-state index in [2.05, 4.69) is 38.0 Å². The SMILES string of the molecule is CN(c1ccncn1)C1CCCN(Cc2ccn(C)n2)C1. The van der Waals surface area contributed by atoms with Gasteiger partial charge in [0.25, 0.3) is 0 Å². The molecule has 0 N–H and O–H groups in total. The van der Waals surface area contributed by atoms with Crippen molar-refractivity contribution in [3.8, 4) is 0 Å². The lowest BCUT2D eigenvalue weighted by Crippen LogP contribution is -2.46. The van der Waals surface area contributed by atoms with Crippen LogP contribution in [-0.4, -0.2) is 50.8 Å². The van der Waals surface area contributed by atoms with Crippen molar-refractivity contribution in [3.05, 3.63) is 36.5 Å². The minimum atomic E-state index is 0.498. The zero-order chi connectivity index (χ0) is 14.7. The average molecular weight is 286 g/mol. The van der Waals surface area contributed by atoms with E-state index in [-0.39, 0.29) is 0 Å². The van der Waals surface area contributed by atoms with Crippen LogP contribution in [0.25, 0.3) is 0 Å². The van der Waals surface area contributed by atoms with Crippen LogP contribution in [0.3, 0.4) is 0 Å². The Morgan fingerprint density at radius 2 is 2.29 bits per heavy atom. The number of hydrogen-bond donors (Lipinski definition) is 0. The highest BCUT2D eigenvalue weighted by molar-refractivity contribution is 5.36. The molecule has 0 saturated carbocycles. The van der Waals surface area contributed by atoms with Crippen molar-refractivity contribution in [3.63, 3.8) is 0 Å². The third kappa shape index (κ3) is 3.39. The van der Waals surface area contributed by atoms with Gasteiger partial charge in [0.2, 0.25) is 0 Å². The van der Waals surface area contributed by atoms with Crippen molar-refractivity contribution in [2.45, 2.75) is 25.4 Å². The molecule has 1 aliphatic rings. The molecule has 1 saturated heterocycles. The Morgan fingerprint density at radius 3 is 3.00 bits per heavy atom. The van der Waals surface area contributed by atoms with Crippen LogP contribution in [0.15, 0.2) is 30.9 Å². The topological polar surface area (TPSA) is 50.1 Å². The number of rotatable bonds is 4. The molecule has 21 heavy (non-hydrogen) atoms. The van der Waals surface area contributed by atoms with Crippen molar-refractivity contribution >= 4 is 5.82 Å². The van der Waals surface area contributed by atoms with Gasteiger partial charge < -0.3 is 4.90 Å². The van der Waals surface area contributed by atoms with Crippen molar-refractivity contribution in [2.75, 3.05) is 25.0 Å². The summed E-state index contributed by atoms with van der Waals surface area (Å²) < 4.78 is 1.86. The van der Waals surface area contributed by atoms with Gasteiger partial charge in [-0.2, -0.15) is 5.10 Å². The molecule has 6 nitrogen and oxygen atoms in total. The van der Waals surface area contributed by atoms with Crippen molar-refractivity contribution in [1.82, 2.24) is 24.6 Å². The number of piperidine rings is 1. The van der Waals surface area contributed by atoms with E-state index in [9.17, 15) is 0 Å². The smallest absolute Gasteiger partial charge is 0.131 e. The summed E-state index contributed by atoms with van der Waals surface area (Å²) in [4.78, 5) is 13.1. The quantitative estimate of drug-likeness (QED) is 0.848. The van der Waals surface area contributed by atoms with E-state index >= 15 is 0 Å². The lowest BCUT2D eigenvalue weighted by Gasteiger charge is -2.37. The van der Waals surface area contributed by atoms with Crippen molar-refractivity contribution < 1.29 is 0 Å². The van der Waals surface area contributed by atoms with E-state index in [1.165, 1.54) is 12.8 Å². The maximum atomic E-state index is 4.47. The summed E-state index contributed by atoms with van der Waals surface area (Å²) in [5, 5.41) is 4.47. The second-order valence-electron chi connectivity index (χ2n) is 5.69. The third-order valence-corrected chi connectivity index (χ3v) is 4.11. The maximum Gasteiger partial charge on any atom is 0.131 e. The van der Waals surface area contributed by atoms with E-state index in [0.29, 0.717) is 6.04 Å². The van der Waals surface area contributed by atoms with Crippen LogP contribution in [0.5, 0.6) is 0 Å². The lowest BCUT2D eigenvalue weighted by atomic mass is 10.0. The molecule has 0 spiro atoms. The van der Waals surface area contributed by atoms with Gasteiger partial charge in [-0.1, -0.05) is 0 Å². The molecule has 2 aromatic rings. The Bertz CT molecular complexity index is 567. The van der Waals surface area contributed by atoms with Gasteiger partial charge >= 0.3 is 0 Å². The van der Waals surface area contributed by atoms with E-state index in [1.807, 2.05) is 24.0 Å². The second-order valence-corrected chi connectivity index (χ2v) is 5.69. The first kappa shape index (κ1) is 14.0. The van der Waals surface area contributed by atoms with Gasteiger partial charge in [-0.25, -0.2) is 9.97 Å². The summed E-state index contributed by atoms with van der Waals surface area (Å²) in [5.74, 6) is 0.995. The predicted molar refractivity (Wildman–Crippen MR) is 81.9 cm³/mol. The first-order chi connectivity index (χ1) is 10.2. The lowest BCUT2D eigenvalue weighted by molar-refractivity contribution is 0.196. The predicted octanol–water partition coefficient (Wildman–Crippen LogP) is 1.31. The number of likely N-dealkylation sites (tertiary alicyclic amines) is 1. The number of likely N-dealkylation sites (N-methyl/N-ethyl adjacent to an activating group) is 1. The first-order valence-electron chi connectivity index (χ1n) is 7.42. The molecule has 0 radical (unpaired) electrons. The van der Waals surface area contributed by atoms with Crippen LogP contribution in [-0.2, 0) is 13.6 Å². The van der Waals surface area contributed by atoms with Gasteiger partial charge in [-0.3, -0.25) is 9.58 Å². The molecule has 0 aromatic carbocycles. The Labute approximate surface area is 125 Å². The molecule has 0 bridgehead atoms. The summed E-state index contributed by atoms with van der Waals surface area (Å²) in [6.45, 7) is 3.12. The Balaban J connectivity index is 1.63. The van der Waals surface area contributed by atoms with Crippen LogP contribution in [0, 0.1) is 0 Å². The number of anilines is 1. The fourth-order valence-corrected chi connectivity index (χ4v) is 2.95. The van der Waals surface area contributed by atoms with Crippen LogP contribution < -0.4 is 4.90 Å². The van der Waals surface area contributed by atoms with Gasteiger partial charge in [0.15, 0.2) is 0 Å². The summed E-state index contributed by atoms with van der Waals surface area (Å²) in [6.07, 6.45) is 7.84. The largest absolute Gasteiger partial charge is 0.355 e. The highest BCUT2D eigenvalue weighted by Gasteiger charge is 2.24. The molecular weight excluding hydrogens is 264 g/mol. The highest BCUT2D eigenvalue weighted by atomic mass is 15.3. The first-order valence-corrected chi connectivity index (χ1v) is 7.42. The number of nitrogens with zero attached hydrogens (tertiary/aromatic N) is 6. The Kier molecular flexibility index (Phi) is 4.15. The van der Waals surface area contributed by atoms with Crippen molar-refractivity contribution in [1.29, 1.82) is 0 Å². The monoisotopic (exact) mass is 286 g/mol. The molecule has 3 heterocycles. The van der Waals surface area contributed by atoms with E-state index < -0.39 is 0 Å². The van der Waals surface area contributed by atoms with Crippen LogP contribution >= 0.6 is 0 Å². The van der Waals surface area contributed by atoms with Crippen LogP contribution in [0.4, 0.5) is 5.82 Å². The standard InChI is InChI=1S/C15H22N6/c1-19-9-6-13(18-19)10-21-8-3-4-14(11-21)20(2)15-5-7-16-12-17-15/h5-7,9,12,14H,3-4,8,10-11H2,1-2H3. The molecule has 1 atom stereocenters. The average Bonchev–Trinajstić information content (AvgIpc) is 2.93.